The zero-order valence-electron chi connectivity index (χ0n) is 13.1. The van der Waals surface area contributed by atoms with Gasteiger partial charge in [0, 0.05) is 11.6 Å². The molecule has 0 bridgehead atoms. The molecule has 0 aliphatic rings. The second kappa shape index (κ2) is 7.39. The van der Waals surface area contributed by atoms with Crippen molar-refractivity contribution >= 4 is 11.6 Å². The molecule has 0 radical (unpaired) electrons. The van der Waals surface area contributed by atoms with E-state index < -0.39 is 0 Å². The van der Waals surface area contributed by atoms with Gasteiger partial charge in [0.15, 0.2) is 0 Å². The second-order valence-electron chi connectivity index (χ2n) is 5.62. The van der Waals surface area contributed by atoms with Crippen LogP contribution in [0.4, 0.5) is 4.39 Å². The lowest BCUT2D eigenvalue weighted by Crippen LogP contribution is -2.57. The first-order valence-corrected chi connectivity index (χ1v) is 7.60. The van der Waals surface area contributed by atoms with Crippen LogP contribution in [0.15, 0.2) is 18.2 Å². The average Bonchev–Trinajstić information content (AvgIpc) is 2.40. The molecule has 0 aliphatic carbocycles. The lowest BCUT2D eigenvalue weighted by molar-refractivity contribution is 0.0943. The van der Waals surface area contributed by atoms with Crippen LogP contribution in [0.2, 0.25) is 5.02 Å². The van der Waals surface area contributed by atoms with Crippen molar-refractivity contribution in [2.45, 2.75) is 45.7 Å². The summed E-state index contributed by atoms with van der Waals surface area (Å²) in [5.74, 6) is -0.348. The van der Waals surface area contributed by atoms with Gasteiger partial charge in [0.05, 0.1) is 5.02 Å². The summed E-state index contributed by atoms with van der Waals surface area (Å²) in [6.07, 6.45) is 0.772. The fourth-order valence-electron chi connectivity index (χ4n) is 2.87. The van der Waals surface area contributed by atoms with Crippen LogP contribution >= 0.6 is 11.6 Å². The Balaban J connectivity index is 2.93. The molecule has 1 N–H and O–H groups in total. The van der Waals surface area contributed by atoms with Gasteiger partial charge in [0.1, 0.15) is 5.82 Å². The molecule has 4 heteroatoms. The summed E-state index contributed by atoms with van der Waals surface area (Å²) in [6, 6.07) is 5.30. The second-order valence-corrected chi connectivity index (χ2v) is 6.03. The molecule has 0 saturated heterocycles. The van der Waals surface area contributed by atoms with Gasteiger partial charge in [-0.2, -0.15) is 0 Å². The van der Waals surface area contributed by atoms with Gasteiger partial charge < -0.3 is 5.32 Å². The van der Waals surface area contributed by atoms with E-state index in [0.29, 0.717) is 0 Å². The molecule has 1 unspecified atom stereocenters. The molecule has 0 heterocycles. The minimum Gasteiger partial charge on any atom is -0.315 e. The Bertz CT molecular complexity index is 430. The molecule has 1 aromatic carbocycles. The molecule has 0 aliphatic heterocycles. The smallest absolute Gasteiger partial charge is 0.142 e. The highest BCUT2D eigenvalue weighted by molar-refractivity contribution is 6.30. The average molecular weight is 301 g/mol. The zero-order valence-corrected chi connectivity index (χ0v) is 13.9. The predicted molar refractivity (Wildman–Crippen MR) is 85.0 cm³/mol. The summed E-state index contributed by atoms with van der Waals surface area (Å²) in [5, 5.41) is 3.56. The van der Waals surface area contributed by atoms with E-state index in [9.17, 15) is 4.39 Å². The van der Waals surface area contributed by atoms with Crippen molar-refractivity contribution in [3.8, 4) is 0 Å². The Morgan fingerprint density at radius 1 is 1.30 bits per heavy atom. The van der Waals surface area contributed by atoms with Gasteiger partial charge in [-0.25, -0.2) is 4.39 Å². The third-order valence-corrected chi connectivity index (χ3v) is 4.51. The maximum absolute atomic E-state index is 13.6. The van der Waals surface area contributed by atoms with E-state index in [1.165, 1.54) is 6.07 Å². The highest BCUT2D eigenvalue weighted by Crippen LogP contribution is 2.23. The van der Waals surface area contributed by atoms with E-state index in [2.05, 4.69) is 37.9 Å². The van der Waals surface area contributed by atoms with Crippen LogP contribution in [0.5, 0.6) is 0 Å². The van der Waals surface area contributed by atoms with Crippen LogP contribution in [0.25, 0.3) is 0 Å². The van der Waals surface area contributed by atoms with Crippen molar-refractivity contribution in [3.05, 3.63) is 34.6 Å². The van der Waals surface area contributed by atoms with Gasteiger partial charge in [-0.1, -0.05) is 31.5 Å². The summed E-state index contributed by atoms with van der Waals surface area (Å²) in [4.78, 5) is 2.42. The molecule has 1 atom stereocenters. The number of hydrogen-bond acceptors (Lipinski definition) is 2. The van der Waals surface area contributed by atoms with Crippen molar-refractivity contribution in [2.75, 3.05) is 20.1 Å². The van der Waals surface area contributed by atoms with Crippen LogP contribution < -0.4 is 5.32 Å². The van der Waals surface area contributed by atoms with E-state index in [4.69, 9.17) is 11.6 Å². The molecule has 0 spiro atoms. The van der Waals surface area contributed by atoms with Crippen LogP contribution in [0, 0.1) is 5.82 Å². The topological polar surface area (TPSA) is 15.3 Å². The Morgan fingerprint density at radius 3 is 2.35 bits per heavy atom. The fourth-order valence-corrected chi connectivity index (χ4v) is 2.98. The van der Waals surface area contributed by atoms with E-state index in [1.807, 2.05) is 13.1 Å². The number of nitrogens with one attached hydrogen (secondary N) is 1. The number of rotatable bonds is 7. The van der Waals surface area contributed by atoms with Crippen LogP contribution in [-0.2, 0) is 6.42 Å². The maximum atomic E-state index is 13.6. The lowest BCUT2D eigenvalue weighted by atomic mass is 9.87. The van der Waals surface area contributed by atoms with E-state index in [-0.39, 0.29) is 22.4 Å². The van der Waals surface area contributed by atoms with E-state index >= 15 is 0 Å². The number of halogens is 2. The number of likely N-dealkylation sites (N-methyl/N-ethyl adjacent to an activating group) is 2. The minimum atomic E-state index is -0.348. The van der Waals surface area contributed by atoms with Gasteiger partial charge >= 0.3 is 0 Å². The molecule has 0 amide bonds. The first-order chi connectivity index (χ1) is 9.36. The summed E-state index contributed by atoms with van der Waals surface area (Å²) in [7, 11) is 1.96. The highest BCUT2D eigenvalue weighted by atomic mass is 35.5. The molecule has 20 heavy (non-hydrogen) atoms. The third kappa shape index (κ3) is 3.94. The van der Waals surface area contributed by atoms with Crippen LogP contribution in [-0.4, -0.2) is 36.6 Å². The van der Waals surface area contributed by atoms with Crippen molar-refractivity contribution in [2.24, 2.45) is 0 Å². The first kappa shape index (κ1) is 17.4. The molecule has 1 aromatic rings. The fraction of sp³-hybridized carbons (Fsp3) is 0.625. The first-order valence-electron chi connectivity index (χ1n) is 7.23. The van der Waals surface area contributed by atoms with E-state index in [0.717, 1.165) is 25.1 Å². The van der Waals surface area contributed by atoms with Crippen molar-refractivity contribution < 1.29 is 4.39 Å². The predicted octanol–water partition coefficient (Wildman–Crippen LogP) is 3.73. The SMILES string of the molecule is CCN(CC)C(C)(C)C(Cc1ccc(Cl)c(F)c1)NC. The summed E-state index contributed by atoms with van der Waals surface area (Å²) < 4.78 is 13.6. The Kier molecular flexibility index (Phi) is 6.44. The van der Waals surface area contributed by atoms with Gasteiger partial charge in [0.25, 0.3) is 0 Å². The number of hydrogen-bond donors (Lipinski definition) is 1. The van der Waals surface area contributed by atoms with Crippen molar-refractivity contribution in [1.82, 2.24) is 10.2 Å². The monoisotopic (exact) mass is 300 g/mol. The van der Waals surface area contributed by atoms with Crippen LogP contribution in [0.3, 0.4) is 0 Å². The van der Waals surface area contributed by atoms with Crippen molar-refractivity contribution in [3.63, 3.8) is 0 Å². The van der Waals surface area contributed by atoms with Crippen LogP contribution in [0.1, 0.15) is 33.3 Å². The summed E-state index contributed by atoms with van der Waals surface area (Å²) in [6.45, 7) is 10.8. The Labute approximate surface area is 127 Å². The number of benzene rings is 1. The molecule has 2 nitrogen and oxygen atoms in total. The third-order valence-electron chi connectivity index (χ3n) is 4.20. The molecular formula is C16H26ClFN2. The number of nitrogens with zero attached hydrogens (tertiary/aromatic N) is 1. The van der Waals surface area contributed by atoms with E-state index in [1.54, 1.807) is 6.07 Å². The molecular weight excluding hydrogens is 275 g/mol. The van der Waals surface area contributed by atoms with Gasteiger partial charge in [-0.3, -0.25) is 4.90 Å². The zero-order chi connectivity index (χ0) is 15.3. The lowest BCUT2D eigenvalue weighted by Gasteiger charge is -2.43. The largest absolute Gasteiger partial charge is 0.315 e. The van der Waals surface area contributed by atoms with Gasteiger partial charge in [-0.05, 0) is 58.1 Å². The molecule has 0 aromatic heterocycles. The quantitative estimate of drug-likeness (QED) is 0.825. The maximum Gasteiger partial charge on any atom is 0.142 e. The molecule has 114 valence electrons. The molecule has 0 fully saturated rings. The minimum absolute atomic E-state index is 0.00559. The standard InChI is InChI=1S/C16H26ClFN2/c1-6-20(7-2)16(3,4)15(19-5)11-12-8-9-13(17)14(18)10-12/h8-10,15,19H,6-7,11H2,1-5H3. The Morgan fingerprint density at radius 2 is 1.90 bits per heavy atom. The van der Waals surface area contributed by atoms with Crippen molar-refractivity contribution in [1.29, 1.82) is 0 Å². The Hall–Kier alpha value is -0.640. The molecule has 0 saturated carbocycles. The van der Waals surface area contributed by atoms with Gasteiger partial charge in [-0.15, -0.1) is 0 Å². The summed E-state index contributed by atoms with van der Waals surface area (Å²) >= 11 is 5.74. The normalized spacial score (nSPS) is 13.8. The molecule has 1 rings (SSSR count). The summed E-state index contributed by atoms with van der Waals surface area (Å²) in [5.41, 5.74) is 0.959. The highest BCUT2D eigenvalue weighted by Gasteiger charge is 2.33. The van der Waals surface area contributed by atoms with Gasteiger partial charge in [0.2, 0.25) is 0 Å².